The Bertz CT molecular complexity index is 195. The first-order valence-electron chi connectivity index (χ1n) is 3.74. The van der Waals surface area contributed by atoms with Crippen molar-refractivity contribution in [3.05, 3.63) is 0 Å². The van der Waals surface area contributed by atoms with Gasteiger partial charge in [-0.25, -0.2) is 0 Å². The van der Waals surface area contributed by atoms with Crippen LogP contribution < -0.4 is 0 Å². The molecule has 0 spiro atoms. The highest BCUT2D eigenvalue weighted by molar-refractivity contribution is 7.97. The zero-order valence-electron chi connectivity index (χ0n) is 6.91. The molecular weight excluding hydrogens is 178 g/mol. The number of ether oxygens (including phenoxy) is 1. The van der Waals surface area contributed by atoms with Gasteiger partial charge in [0.15, 0.2) is 0 Å². The Hall–Kier alpha value is -0.710. The van der Waals surface area contributed by atoms with Crippen LogP contribution in [0.15, 0.2) is 0 Å². The number of hydrogen-bond donors (Lipinski definition) is 0. The smallest absolute Gasteiger partial charge is 0.326 e. The first kappa shape index (κ1) is 9.38. The van der Waals surface area contributed by atoms with Crippen LogP contribution >= 0.6 is 11.9 Å². The molecule has 1 aliphatic rings. The van der Waals surface area contributed by atoms with E-state index in [0.29, 0.717) is 6.42 Å². The van der Waals surface area contributed by atoms with E-state index in [-0.39, 0.29) is 18.4 Å². The van der Waals surface area contributed by atoms with Crippen LogP contribution in [0.3, 0.4) is 0 Å². The first-order chi connectivity index (χ1) is 5.74. The van der Waals surface area contributed by atoms with E-state index in [0.717, 1.165) is 12.2 Å². The van der Waals surface area contributed by atoms with Gasteiger partial charge in [0.25, 0.3) is 0 Å². The van der Waals surface area contributed by atoms with E-state index >= 15 is 0 Å². The maximum absolute atomic E-state index is 11.1. The van der Waals surface area contributed by atoms with Crippen molar-refractivity contribution in [3.63, 3.8) is 0 Å². The van der Waals surface area contributed by atoms with Crippen LogP contribution in [0.2, 0.25) is 0 Å². The topological polar surface area (TPSA) is 46.6 Å². The maximum atomic E-state index is 11.1. The van der Waals surface area contributed by atoms with Gasteiger partial charge in [0, 0.05) is 12.2 Å². The Morgan fingerprint density at radius 1 is 1.75 bits per heavy atom. The molecular formula is C7H11NO3S. The van der Waals surface area contributed by atoms with Crippen molar-refractivity contribution in [2.24, 2.45) is 0 Å². The van der Waals surface area contributed by atoms with Crippen LogP contribution in [-0.2, 0) is 14.3 Å². The van der Waals surface area contributed by atoms with E-state index in [2.05, 4.69) is 4.74 Å². The Morgan fingerprint density at radius 2 is 2.50 bits per heavy atom. The summed E-state index contributed by atoms with van der Waals surface area (Å²) in [7, 11) is 1.32. The summed E-state index contributed by atoms with van der Waals surface area (Å²) in [6.07, 6.45) is 1.45. The number of nitrogens with zero attached hydrogens (tertiary/aromatic N) is 1. The van der Waals surface area contributed by atoms with Crippen LogP contribution in [0.25, 0.3) is 0 Å². The lowest BCUT2D eigenvalue weighted by Crippen LogP contribution is -2.33. The SMILES string of the molecule is COC(=O)CN1SCCCC1=O. The third-order valence-corrected chi connectivity index (χ3v) is 2.68. The molecule has 1 amide bonds. The van der Waals surface area contributed by atoms with Crippen LogP contribution in [0.5, 0.6) is 0 Å². The molecule has 0 atom stereocenters. The van der Waals surface area contributed by atoms with Gasteiger partial charge in [-0.15, -0.1) is 0 Å². The van der Waals surface area contributed by atoms with Crippen molar-refractivity contribution in [1.29, 1.82) is 0 Å². The highest BCUT2D eigenvalue weighted by Crippen LogP contribution is 2.19. The van der Waals surface area contributed by atoms with Crippen LogP contribution in [-0.4, -0.2) is 35.6 Å². The molecule has 0 radical (unpaired) electrons. The van der Waals surface area contributed by atoms with Gasteiger partial charge in [-0.2, -0.15) is 0 Å². The molecule has 68 valence electrons. The summed E-state index contributed by atoms with van der Waals surface area (Å²) in [5, 5.41) is 0. The van der Waals surface area contributed by atoms with E-state index in [1.165, 1.54) is 23.4 Å². The summed E-state index contributed by atoms with van der Waals surface area (Å²) in [4.78, 5) is 21.9. The van der Waals surface area contributed by atoms with Gasteiger partial charge in [-0.05, 0) is 18.4 Å². The molecule has 12 heavy (non-hydrogen) atoms. The van der Waals surface area contributed by atoms with Gasteiger partial charge in [-0.1, -0.05) is 0 Å². The Labute approximate surface area is 75.4 Å². The number of carbonyl (C=O) groups is 2. The summed E-state index contributed by atoms with van der Waals surface area (Å²) in [5.41, 5.74) is 0. The third-order valence-electron chi connectivity index (χ3n) is 1.56. The molecule has 0 aromatic rings. The number of esters is 1. The molecule has 0 N–H and O–H groups in total. The van der Waals surface area contributed by atoms with Crippen molar-refractivity contribution in [1.82, 2.24) is 4.31 Å². The minimum atomic E-state index is -0.363. The standard InChI is InChI=1S/C7H11NO3S/c1-11-7(10)5-8-6(9)3-2-4-12-8/h2-5H2,1H3. The summed E-state index contributed by atoms with van der Waals surface area (Å²) < 4.78 is 5.92. The highest BCUT2D eigenvalue weighted by Gasteiger charge is 2.21. The van der Waals surface area contributed by atoms with Crippen LogP contribution in [0.1, 0.15) is 12.8 Å². The van der Waals surface area contributed by atoms with Crippen molar-refractivity contribution in [2.45, 2.75) is 12.8 Å². The monoisotopic (exact) mass is 189 g/mol. The molecule has 0 saturated carbocycles. The summed E-state index contributed by atoms with van der Waals surface area (Å²) >= 11 is 1.40. The second kappa shape index (κ2) is 4.35. The second-order valence-corrected chi connectivity index (χ2v) is 3.55. The van der Waals surface area contributed by atoms with E-state index in [1.807, 2.05) is 0 Å². The predicted octanol–water partition coefficient (Wildman–Crippen LogP) is 0.430. The first-order valence-corrected chi connectivity index (χ1v) is 4.68. The third kappa shape index (κ3) is 2.41. The molecule has 1 heterocycles. The molecule has 5 heteroatoms. The molecule has 4 nitrogen and oxygen atoms in total. The highest BCUT2D eigenvalue weighted by atomic mass is 32.2. The number of hydrogen-bond acceptors (Lipinski definition) is 4. The van der Waals surface area contributed by atoms with Crippen LogP contribution in [0.4, 0.5) is 0 Å². The second-order valence-electron chi connectivity index (χ2n) is 2.44. The normalized spacial score (nSPS) is 17.8. The quantitative estimate of drug-likeness (QED) is 0.467. The largest absolute Gasteiger partial charge is 0.468 e. The van der Waals surface area contributed by atoms with Crippen molar-refractivity contribution >= 4 is 23.8 Å². The summed E-state index contributed by atoms with van der Waals surface area (Å²) in [5.74, 6) is 0.567. The lowest BCUT2D eigenvalue weighted by molar-refractivity contribution is -0.143. The molecule has 1 fully saturated rings. The zero-order valence-corrected chi connectivity index (χ0v) is 7.73. The molecule has 0 aliphatic carbocycles. The van der Waals surface area contributed by atoms with Gasteiger partial charge < -0.3 is 4.74 Å². The fourth-order valence-corrected chi connectivity index (χ4v) is 1.84. The minimum absolute atomic E-state index is 0.0247. The average molecular weight is 189 g/mol. The molecule has 1 saturated heterocycles. The van der Waals surface area contributed by atoms with E-state index in [1.54, 1.807) is 0 Å². The summed E-state index contributed by atoms with van der Waals surface area (Å²) in [6.45, 7) is 0.0694. The Balaban J connectivity index is 2.39. The van der Waals surface area contributed by atoms with Crippen molar-refractivity contribution in [3.8, 4) is 0 Å². The minimum Gasteiger partial charge on any atom is -0.468 e. The van der Waals surface area contributed by atoms with E-state index < -0.39 is 0 Å². The average Bonchev–Trinajstić information content (AvgIpc) is 2.09. The molecule has 0 bridgehead atoms. The van der Waals surface area contributed by atoms with E-state index in [9.17, 15) is 9.59 Å². The maximum Gasteiger partial charge on any atom is 0.326 e. The lowest BCUT2D eigenvalue weighted by atomic mass is 10.3. The fraction of sp³-hybridized carbons (Fsp3) is 0.714. The number of methoxy groups -OCH3 is 1. The molecule has 0 unspecified atom stereocenters. The van der Waals surface area contributed by atoms with Gasteiger partial charge in [0.2, 0.25) is 5.91 Å². The van der Waals surface area contributed by atoms with Gasteiger partial charge in [-0.3, -0.25) is 13.9 Å². The Kier molecular flexibility index (Phi) is 3.40. The molecule has 0 aromatic heterocycles. The van der Waals surface area contributed by atoms with Crippen molar-refractivity contribution in [2.75, 3.05) is 19.4 Å². The molecule has 1 aliphatic heterocycles. The molecule has 0 aromatic carbocycles. The Morgan fingerprint density at radius 3 is 3.08 bits per heavy atom. The van der Waals surface area contributed by atoms with E-state index in [4.69, 9.17) is 0 Å². The summed E-state index contributed by atoms with van der Waals surface area (Å²) in [6, 6.07) is 0. The number of rotatable bonds is 2. The van der Waals surface area contributed by atoms with Gasteiger partial charge in [0.1, 0.15) is 6.54 Å². The number of carbonyl (C=O) groups excluding carboxylic acids is 2. The van der Waals surface area contributed by atoms with Gasteiger partial charge >= 0.3 is 5.97 Å². The lowest BCUT2D eigenvalue weighted by Gasteiger charge is -2.23. The van der Waals surface area contributed by atoms with Crippen LogP contribution in [0, 0.1) is 0 Å². The fourth-order valence-electron chi connectivity index (χ4n) is 0.910. The van der Waals surface area contributed by atoms with Gasteiger partial charge in [0.05, 0.1) is 7.11 Å². The predicted molar refractivity (Wildman–Crippen MR) is 45.4 cm³/mol. The number of amides is 1. The zero-order chi connectivity index (χ0) is 8.97. The van der Waals surface area contributed by atoms with Crippen molar-refractivity contribution < 1.29 is 14.3 Å². The molecule has 1 rings (SSSR count).